The van der Waals surface area contributed by atoms with Crippen LogP contribution in [0.2, 0.25) is 0 Å². The highest BCUT2D eigenvalue weighted by atomic mass is 32.2. The van der Waals surface area contributed by atoms with Crippen molar-refractivity contribution >= 4 is 28.2 Å². The van der Waals surface area contributed by atoms with E-state index in [4.69, 9.17) is 4.52 Å². The molecule has 140 valence electrons. The zero-order valence-electron chi connectivity index (χ0n) is 15.2. The van der Waals surface area contributed by atoms with Gasteiger partial charge in [0.2, 0.25) is 5.76 Å². The van der Waals surface area contributed by atoms with Crippen molar-refractivity contribution < 1.29 is 9.45 Å². The molecule has 0 bridgehead atoms. The quantitative estimate of drug-likeness (QED) is 0.225. The van der Waals surface area contributed by atoms with E-state index >= 15 is 0 Å². The summed E-state index contributed by atoms with van der Waals surface area (Å²) in [6, 6.07) is 24.4. The number of rotatable bonds is 6. The normalized spacial score (nSPS) is 12.2. The molecule has 0 fully saturated rings. The van der Waals surface area contributed by atoms with Crippen molar-refractivity contribution in [2.45, 2.75) is 23.5 Å². The van der Waals surface area contributed by atoms with E-state index < -0.39 is 4.92 Å². The van der Waals surface area contributed by atoms with Crippen molar-refractivity contribution in [2.75, 3.05) is 0 Å². The number of nitrogens with zero attached hydrogens (tertiary/aromatic N) is 2. The van der Waals surface area contributed by atoms with E-state index in [0.717, 1.165) is 21.2 Å². The molecular formula is C22H18N2O3S. The molecule has 28 heavy (non-hydrogen) atoms. The molecule has 5 nitrogen and oxygen atoms in total. The molecule has 4 aromatic rings. The van der Waals surface area contributed by atoms with Gasteiger partial charge in [0.25, 0.3) is 0 Å². The van der Waals surface area contributed by atoms with Crippen molar-refractivity contribution in [2.24, 2.45) is 0 Å². The van der Waals surface area contributed by atoms with Gasteiger partial charge >= 0.3 is 5.69 Å². The summed E-state index contributed by atoms with van der Waals surface area (Å²) in [6.45, 7) is 1.60. The van der Waals surface area contributed by atoms with Gasteiger partial charge in [-0.2, -0.15) is 0 Å². The monoisotopic (exact) mass is 390 g/mol. The highest BCUT2D eigenvalue weighted by Crippen LogP contribution is 2.42. The van der Waals surface area contributed by atoms with Crippen LogP contribution in [0.25, 0.3) is 10.8 Å². The molecule has 0 saturated carbocycles. The van der Waals surface area contributed by atoms with Crippen molar-refractivity contribution in [3.8, 4) is 0 Å². The number of aryl methyl sites for hydroxylation is 1. The van der Waals surface area contributed by atoms with Crippen molar-refractivity contribution in [3.05, 3.63) is 99.9 Å². The maximum Gasteiger partial charge on any atom is 0.334 e. The molecule has 1 aromatic heterocycles. The average Bonchev–Trinajstić information content (AvgIpc) is 3.08. The molecule has 0 aliphatic heterocycles. The molecule has 1 atom stereocenters. The number of hydrogen-bond acceptors (Lipinski definition) is 5. The summed E-state index contributed by atoms with van der Waals surface area (Å²) < 4.78 is 5.35. The summed E-state index contributed by atoms with van der Waals surface area (Å²) in [7, 11) is 0. The van der Waals surface area contributed by atoms with E-state index in [1.54, 1.807) is 18.7 Å². The first-order valence-electron chi connectivity index (χ1n) is 8.92. The van der Waals surface area contributed by atoms with Gasteiger partial charge in [0.05, 0.1) is 4.92 Å². The number of benzene rings is 3. The summed E-state index contributed by atoms with van der Waals surface area (Å²) in [4.78, 5) is 12.2. The molecule has 0 unspecified atom stereocenters. The maximum atomic E-state index is 11.5. The Balaban J connectivity index is 1.79. The number of fused-ring (bicyclic) bond motifs is 1. The Morgan fingerprint density at radius 1 is 1.04 bits per heavy atom. The SMILES string of the molecule is Cc1noc(C[C@H](Sc2ccccc2)c2cccc3ccccc23)c1[N+](=O)[O-]. The average molecular weight is 390 g/mol. The Kier molecular flexibility index (Phi) is 5.12. The highest BCUT2D eigenvalue weighted by Gasteiger charge is 2.28. The molecule has 3 aromatic carbocycles. The zero-order valence-corrected chi connectivity index (χ0v) is 16.1. The summed E-state index contributed by atoms with van der Waals surface area (Å²) in [5.74, 6) is 0.309. The summed E-state index contributed by atoms with van der Waals surface area (Å²) in [5, 5.41) is 17.5. The first-order valence-corrected chi connectivity index (χ1v) is 9.80. The molecule has 0 aliphatic rings. The molecule has 0 spiro atoms. The van der Waals surface area contributed by atoms with Crippen LogP contribution in [0.15, 0.2) is 82.2 Å². The number of aromatic nitrogens is 1. The van der Waals surface area contributed by atoms with Gasteiger partial charge in [-0.3, -0.25) is 10.1 Å². The number of nitro groups is 1. The smallest absolute Gasteiger partial charge is 0.334 e. The molecule has 1 heterocycles. The minimum Gasteiger partial charge on any atom is -0.354 e. The minimum atomic E-state index is -0.408. The first kappa shape index (κ1) is 18.3. The fraction of sp³-hybridized carbons (Fsp3) is 0.136. The van der Waals surface area contributed by atoms with Gasteiger partial charge < -0.3 is 4.52 Å². The van der Waals surface area contributed by atoms with Crippen molar-refractivity contribution in [1.29, 1.82) is 0 Å². The fourth-order valence-corrected chi connectivity index (χ4v) is 4.57. The lowest BCUT2D eigenvalue weighted by atomic mass is 9.99. The zero-order chi connectivity index (χ0) is 19.5. The predicted octanol–water partition coefficient (Wildman–Crippen LogP) is 6.12. The van der Waals surface area contributed by atoms with Crippen LogP contribution in [0.3, 0.4) is 0 Å². The largest absolute Gasteiger partial charge is 0.354 e. The second-order valence-corrected chi connectivity index (χ2v) is 7.77. The molecule has 6 heteroatoms. The topological polar surface area (TPSA) is 69.2 Å². The first-order chi connectivity index (χ1) is 13.6. The lowest BCUT2D eigenvalue weighted by Gasteiger charge is -2.18. The lowest BCUT2D eigenvalue weighted by Crippen LogP contribution is -2.02. The Hall–Kier alpha value is -3.12. The highest BCUT2D eigenvalue weighted by molar-refractivity contribution is 7.99. The van der Waals surface area contributed by atoms with Crippen LogP contribution in [-0.4, -0.2) is 10.1 Å². The molecule has 0 aliphatic carbocycles. The standard InChI is InChI=1S/C22H18N2O3S/c1-15-22(24(25)26)20(27-23-15)14-21(28-17-10-3-2-4-11-17)19-13-7-9-16-8-5-6-12-18(16)19/h2-13,21H,14H2,1H3/t21-/m0/s1. The van der Waals surface area contributed by atoms with Crippen LogP contribution < -0.4 is 0 Å². The second-order valence-electron chi connectivity index (χ2n) is 6.49. The van der Waals surface area contributed by atoms with E-state index in [9.17, 15) is 10.1 Å². The Morgan fingerprint density at radius 3 is 2.54 bits per heavy atom. The van der Waals surface area contributed by atoms with E-state index in [2.05, 4.69) is 29.4 Å². The molecular weight excluding hydrogens is 372 g/mol. The van der Waals surface area contributed by atoms with Crippen molar-refractivity contribution in [3.63, 3.8) is 0 Å². The van der Waals surface area contributed by atoms with E-state index in [-0.39, 0.29) is 10.9 Å². The van der Waals surface area contributed by atoms with Gasteiger partial charge in [0.1, 0.15) is 0 Å². The third kappa shape index (κ3) is 3.64. The Bertz CT molecular complexity index is 1120. The second kappa shape index (κ2) is 7.86. The Labute approximate surface area is 166 Å². The molecule has 0 saturated heterocycles. The van der Waals surface area contributed by atoms with Crippen LogP contribution >= 0.6 is 11.8 Å². The van der Waals surface area contributed by atoms with Gasteiger partial charge in [0, 0.05) is 16.6 Å². The Morgan fingerprint density at radius 2 is 1.75 bits per heavy atom. The summed E-state index contributed by atoms with van der Waals surface area (Å²) >= 11 is 1.67. The van der Waals surface area contributed by atoms with Gasteiger partial charge in [-0.05, 0) is 35.4 Å². The third-order valence-corrected chi connectivity index (χ3v) is 5.89. The predicted molar refractivity (Wildman–Crippen MR) is 111 cm³/mol. The molecule has 0 radical (unpaired) electrons. The van der Waals surface area contributed by atoms with Crippen molar-refractivity contribution in [1.82, 2.24) is 5.16 Å². The summed E-state index contributed by atoms with van der Waals surface area (Å²) in [5.41, 5.74) is 1.40. The van der Waals surface area contributed by atoms with Gasteiger partial charge in [-0.15, -0.1) is 11.8 Å². The van der Waals surface area contributed by atoms with Crippen LogP contribution in [0.4, 0.5) is 5.69 Å². The lowest BCUT2D eigenvalue weighted by molar-refractivity contribution is -0.386. The third-order valence-electron chi connectivity index (χ3n) is 4.64. The molecule has 0 amide bonds. The van der Waals surface area contributed by atoms with Crippen LogP contribution in [0.5, 0.6) is 0 Å². The summed E-state index contributed by atoms with van der Waals surface area (Å²) in [6.07, 6.45) is 0.380. The minimum absolute atomic E-state index is 0.0288. The van der Waals surface area contributed by atoms with Gasteiger partial charge in [-0.25, -0.2) is 0 Å². The number of thioether (sulfide) groups is 1. The van der Waals surface area contributed by atoms with Gasteiger partial charge in [0.15, 0.2) is 5.69 Å². The van der Waals surface area contributed by atoms with Crippen LogP contribution in [-0.2, 0) is 6.42 Å². The number of hydrogen-bond donors (Lipinski definition) is 0. The maximum absolute atomic E-state index is 11.5. The van der Waals surface area contributed by atoms with Crippen LogP contribution in [0.1, 0.15) is 22.3 Å². The van der Waals surface area contributed by atoms with E-state index in [1.165, 1.54) is 0 Å². The van der Waals surface area contributed by atoms with Gasteiger partial charge in [-0.1, -0.05) is 65.8 Å². The fourth-order valence-electron chi connectivity index (χ4n) is 3.36. The van der Waals surface area contributed by atoms with E-state index in [1.807, 2.05) is 48.5 Å². The molecule has 0 N–H and O–H groups in total. The van der Waals surface area contributed by atoms with E-state index in [0.29, 0.717) is 17.9 Å². The van der Waals surface area contributed by atoms with Crippen LogP contribution in [0, 0.1) is 17.0 Å². The molecule has 4 rings (SSSR count).